The number of hydrogen-bond donors (Lipinski definition) is 1. The highest BCUT2D eigenvalue weighted by Crippen LogP contribution is 2.65. The molecule has 14 aromatic rings. The van der Waals surface area contributed by atoms with Crippen LogP contribution in [0, 0.1) is 3.57 Å². The van der Waals surface area contributed by atoms with Crippen molar-refractivity contribution < 1.29 is 0 Å². The van der Waals surface area contributed by atoms with Gasteiger partial charge < -0.3 is 10.2 Å². The zero-order valence-corrected chi connectivity index (χ0v) is 57.8. The smallest absolute Gasteiger partial charge is 0.0726 e. The maximum absolute atomic E-state index is 6.42. The third-order valence-electron chi connectivity index (χ3n) is 20.1. The van der Waals surface area contributed by atoms with Crippen LogP contribution in [0.5, 0.6) is 0 Å². The number of aryl methyl sites for hydroxylation is 2. The summed E-state index contributed by atoms with van der Waals surface area (Å²) in [5.41, 5.74) is 33.9. The molecule has 0 heterocycles. The summed E-state index contributed by atoms with van der Waals surface area (Å²) in [6, 6.07) is 119. The van der Waals surface area contributed by atoms with E-state index in [1.807, 2.05) is 36.4 Å². The van der Waals surface area contributed by atoms with Crippen molar-refractivity contribution in [3.05, 3.63) is 397 Å². The minimum absolute atomic E-state index is 0.315. The Hall–Kier alpha value is -10.0. The van der Waals surface area contributed by atoms with Crippen LogP contribution in [-0.4, -0.2) is 0 Å². The topological polar surface area (TPSA) is 15.3 Å². The number of nitrogens with one attached hydrogen (secondary N) is 1. The number of fused-ring (bicyclic) bond motifs is 20. The van der Waals surface area contributed by atoms with Crippen molar-refractivity contribution in [1.29, 1.82) is 0 Å². The molecule has 468 valence electrons. The van der Waals surface area contributed by atoms with Crippen molar-refractivity contribution in [2.75, 3.05) is 10.2 Å². The fourth-order valence-electron chi connectivity index (χ4n) is 15.9. The van der Waals surface area contributed by atoms with Crippen LogP contribution in [0.4, 0.5) is 28.4 Å². The Labute approximate surface area is 593 Å². The molecule has 5 heteroatoms. The fourth-order valence-corrected chi connectivity index (χ4v) is 16.5. The van der Waals surface area contributed by atoms with Crippen molar-refractivity contribution in [2.24, 2.45) is 0 Å². The van der Waals surface area contributed by atoms with Crippen LogP contribution in [0.1, 0.15) is 82.3 Å². The summed E-state index contributed by atoms with van der Waals surface area (Å²) in [7, 11) is 0. The number of anilines is 5. The first-order valence-corrected chi connectivity index (χ1v) is 35.6. The Morgan fingerprint density at radius 3 is 0.948 bits per heavy atom. The Bertz CT molecular complexity index is 5080. The summed E-state index contributed by atoms with van der Waals surface area (Å²) in [4.78, 5) is 2.36. The monoisotopic (exact) mass is 1400 g/mol. The Balaban J connectivity index is 0.000000138. The summed E-state index contributed by atoms with van der Waals surface area (Å²) in [6.45, 7) is 4.45. The van der Waals surface area contributed by atoms with Crippen LogP contribution in [0.3, 0.4) is 0 Å². The molecule has 97 heavy (non-hydrogen) atoms. The van der Waals surface area contributed by atoms with Crippen LogP contribution in [0.2, 0.25) is 10.0 Å². The molecule has 2 spiro atoms. The molecule has 14 aromatic carbocycles. The lowest BCUT2D eigenvalue weighted by molar-refractivity contribution is 0.793. The minimum Gasteiger partial charge on any atom is -0.356 e. The molecule has 0 aliphatic heterocycles. The SMILES string of the molecule is CCCc1ccc(-c2ccc(N(c3ccc(Cl)cc3)c3ccc4c(c3)C3(c5ccccc5-c5ccccc53)c3ccccc3-4)cc2)cc1.CCCc1ccc(-c2ccc(Nc3ccc4c(c3)C3(c5ccccc5-c5ccccc53)c3ccccc3-4)cc2)cc1.Clc1ccc(I)cc1. The average molecular weight is 1400 g/mol. The van der Waals surface area contributed by atoms with Crippen molar-refractivity contribution in [2.45, 2.75) is 50.4 Å². The first-order valence-electron chi connectivity index (χ1n) is 33.7. The highest BCUT2D eigenvalue weighted by Gasteiger charge is 2.53. The first-order chi connectivity index (χ1) is 47.7. The molecular weight excluding hydrogens is 1330 g/mol. The Morgan fingerprint density at radius 1 is 0.289 bits per heavy atom. The van der Waals surface area contributed by atoms with Gasteiger partial charge in [-0.2, -0.15) is 0 Å². The molecule has 4 aliphatic carbocycles. The number of nitrogens with zero attached hydrogens (tertiary/aromatic N) is 1. The van der Waals surface area contributed by atoms with Crippen molar-refractivity contribution in [3.63, 3.8) is 0 Å². The number of benzene rings is 14. The first kappa shape index (κ1) is 61.8. The van der Waals surface area contributed by atoms with Crippen LogP contribution < -0.4 is 10.2 Å². The normalized spacial score (nSPS) is 12.9. The van der Waals surface area contributed by atoms with Gasteiger partial charge >= 0.3 is 0 Å². The predicted octanol–water partition coefficient (Wildman–Crippen LogP) is 26.1. The van der Waals surface area contributed by atoms with Gasteiger partial charge in [0.05, 0.1) is 10.8 Å². The summed E-state index contributed by atoms with van der Waals surface area (Å²) in [5.74, 6) is 0. The van der Waals surface area contributed by atoms with Gasteiger partial charge in [0, 0.05) is 42.1 Å². The molecule has 0 aromatic heterocycles. The number of rotatable bonds is 11. The van der Waals surface area contributed by atoms with Crippen LogP contribution in [-0.2, 0) is 23.7 Å². The fraction of sp³-hybridized carbons (Fsp3) is 0.0870. The quantitative estimate of drug-likeness (QED) is 0.130. The molecule has 0 atom stereocenters. The van der Waals surface area contributed by atoms with Crippen molar-refractivity contribution in [3.8, 4) is 66.8 Å². The van der Waals surface area contributed by atoms with Crippen molar-refractivity contribution >= 4 is 74.2 Å². The van der Waals surface area contributed by atoms with Crippen LogP contribution in [0.25, 0.3) is 66.8 Å². The van der Waals surface area contributed by atoms with Crippen LogP contribution in [0.15, 0.2) is 328 Å². The molecule has 0 unspecified atom stereocenters. The van der Waals surface area contributed by atoms with E-state index >= 15 is 0 Å². The van der Waals surface area contributed by atoms with E-state index < -0.39 is 5.41 Å². The zero-order valence-electron chi connectivity index (χ0n) is 54.1. The van der Waals surface area contributed by atoms with E-state index in [2.05, 4.69) is 338 Å². The predicted molar refractivity (Wildman–Crippen MR) is 418 cm³/mol. The molecule has 0 fully saturated rings. The summed E-state index contributed by atoms with van der Waals surface area (Å²) in [6.07, 6.45) is 4.57. The molecule has 0 bridgehead atoms. The lowest BCUT2D eigenvalue weighted by Crippen LogP contribution is -2.26. The third kappa shape index (κ3) is 10.9. The molecule has 0 amide bonds. The molecule has 0 saturated heterocycles. The van der Waals surface area contributed by atoms with Gasteiger partial charge in [0.1, 0.15) is 0 Å². The standard InChI is InChI=1S/C46H34ClN.C40H31N.C6H4ClI/c1-2-9-31-16-18-32(19-17-31)33-20-24-35(25-21-33)48(36-26-22-34(47)23-27-36)37-28-29-41-40-12-5-8-15-44(40)46(45(41)30-37)42-13-6-3-10-38(42)39-11-4-7-14-43(39)46;1-2-9-27-16-18-28(19-17-27)29-20-22-30(23-21-29)41-31-24-25-35-34-12-5-8-15-38(34)40(39(35)26-31)36-13-6-3-10-32(36)33-11-4-7-14-37(33)40;7-5-1-3-6(8)4-2-5/h3-8,10-30H,2,9H2,1H3;3-8,10-26,41H,2,9H2,1H3;1-4H. The highest BCUT2D eigenvalue weighted by molar-refractivity contribution is 14.1. The van der Waals surface area contributed by atoms with Gasteiger partial charge in [0.25, 0.3) is 0 Å². The maximum atomic E-state index is 6.42. The molecule has 18 rings (SSSR count). The second-order valence-electron chi connectivity index (χ2n) is 25.7. The van der Waals surface area contributed by atoms with Gasteiger partial charge in [0.2, 0.25) is 0 Å². The van der Waals surface area contributed by atoms with Gasteiger partial charge in [-0.25, -0.2) is 0 Å². The molecule has 0 saturated carbocycles. The zero-order chi connectivity index (χ0) is 65.6. The second-order valence-corrected chi connectivity index (χ2v) is 27.8. The molecular formula is C92H69Cl2IN2. The van der Waals surface area contributed by atoms with E-state index in [4.69, 9.17) is 23.2 Å². The largest absolute Gasteiger partial charge is 0.356 e. The van der Waals surface area contributed by atoms with Gasteiger partial charge in [-0.3, -0.25) is 0 Å². The molecule has 2 nitrogen and oxygen atoms in total. The minimum atomic E-state index is -0.394. The third-order valence-corrected chi connectivity index (χ3v) is 21.3. The molecule has 4 aliphatic rings. The van der Waals surface area contributed by atoms with Gasteiger partial charge in [0.15, 0.2) is 0 Å². The highest BCUT2D eigenvalue weighted by atomic mass is 127. The number of hydrogen-bond acceptors (Lipinski definition) is 2. The van der Waals surface area contributed by atoms with Crippen molar-refractivity contribution in [1.82, 2.24) is 0 Å². The Kier molecular flexibility index (Phi) is 16.7. The summed E-state index contributed by atoms with van der Waals surface area (Å²) < 4.78 is 1.21. The van der Waals surface area contributed by atoms with Gasteiger partial charge in [-0.1, -0.05) is 280 Å². The van der Waals surface area contributed by atoms with Gasteiger partial charge in [-0.05, 0) is 255 Å². The molecule has 0 radical (unpaired) electrons. The average Bonchev–Trinajstić information content (AvgIpc) is 1.52. The van der Waals surface area contributed by atoms with E-state index in [9.17, 15) is 0 Å². The van der Waals surface area contributed by atoms with Crippen LogP contribution >= 0.6 is 45.8 Å². The second kappa shape index (κ2) is 26.2. The summed E-state index contributed by atoms with van der Waals surface area (Å²) in [5, 5.41) is 5.24. The van der Waals surface area contributed by atoms with E-state index in [0.29, 0.717) is 0 Å². The van der Waals surface area contributed by atoms with Gasteiger partial charge in [-0.15, -0.1) is 0 Å². The maximum Gasteiger partial charge on any atom is 0.0726 e. The summed E-state index contributed by atoms with van der Waals surface area (Å²) >= 11 is 14.3. The van der Waals surface area contributed by atoms with E-state index in [1.165, 1.54) is 132 Å². The molecule has 1 N–H and O–H groups in total. The lowest BCUT2D eigenvalue weighted by atomic mass is 9.70. The number of halogens is 3. The van der Waals surface area contributed by atoms with E-state index in [-0.39, 0.29) is 5.41 Å². The van der Waals surface area contributed by atoms with E-state index in [0.717, 1.165) is 57.7 Å². The lowest BCUT2D eigenvalue weighted by Gasteiger charge is -2.32. The Morgan fingerprint density at radius 2 is 0.577 bits per heavy atom. The van der Waals surface area contributed by atoms with E-state index in [1.54, 1.807) is 0 Å².